The highest BCUT2D eigenvalue weighted by atomic mass is 16.5. The Hall–Kier alpha value is -1.22. The smallest absolute Gasteiger partial charge is 0.122 e. The molecule has 3 nitrogen and oxygen atoms in total. The highest BCUT2D eigenvalue weighted by Crippen LogP contribution is 2.25. The van der Waals surface area contributed by atoms with Crippen LogP contribution in [0.4, 0.5) is 5.69 Å². The topological polar surface area (TPSA) is 24.5 Å². The molecule has 0 aliphatic carbocycles. The summed E-state index contributed by atoms with van der Waals surface area (Å²) in [6.45, 7) is 11.8. The number of nitrogens with zero attached hydrogens (tertiary/aromatic N) is 1. The monoisotopic (exact) mass is 276 g/mol. The van der Waals surface area contributed by atoms with Gasteiger partial charge in [0.05, 0.1) is 6.61 Å². The highest BCUT2D eigenvalue weighted by molar-refractivity contribution is 5.53. The lowest BCUT2D eigenvalue weighted by Gasteiger charge is -2.30. The van der Waals surface area contributed by atoms with E-state index in [-0.39, 0.29) is 0 Å². The third kappa shape index (κ3) is 3.89. The molecule has 1 aliphatic rings. The minimum absolute atomic E-state index is 0.669. The summed E-state index contributed by atoms with van der Waals surface area (Å²) in [5.41, 5.74) is 2.56. The van der Waals surface area contributed by atoms with Gasteiger partial charge in [-0.15, -0.1) is 0 Å². The second-order valence-corrected chi connectivity index (χ2v) is 5.68. The summed E-state index contributed by atoms with van der Waals surface area (Å²) in [6.07, 6.45) is 2.38. The fraction of sp³-hybridized carbons (Fsp3) is 0.647. The SMILES string of the molecule is CCC(CC)COc1ccc(N2CCNCC2)cc1C. The van der Waals surface area contributed by atoms with E-state index in [1.165, 1.54) is 24.1 Å². The van der Waals surface area contributed by atoms with Crippen molar-refractivity contribution in [1.29, 1.82) is 0 Å². The Morgan fingerprint density at radius 3 is 2.50 bits per heavy atom. The maximum atomic E-state index is 5.99. The van der Waals surface area contributed by atoms with Crippen molar-refractivity contribution in [2.75, 3.05) is 37.7 Å². The molecule has 112 valence electrons. The van der Waals surface area contributed by atoms with Gasteiger partial charge < -0.3 is 15.0 Å². The van der Waals surface area contributed by atoms with E-state index in [0.717, 1.165) is 38.5 Å². The summed E-state index contributed by atoms with van der Waals surface area (Å²) < 4.78 is 5.99. The van der Waals surface area contributed by atoms with Crippen molar-refractivity contribution >= 4 is 5.69 Å². The molecule has 0 atom stereocenters. The highest BCUT2D eigenvalue weighted by Gasteiger charge is 2.12. The molecule has 1 saturated heterocycles. The van der Waals surface area contributed by atoms with Gasteiger partial charge in [-0.2, -0.15) is 0 Å². The number of ether oxygens (including phenoxy) is 1. The molecule has 1 heterocycles. The molecular weight excluding hydrogens is 248 g/mol. The van der Waals surface area contributed by atoms with E-state index in [9.17, 15) is 0 Å². The van der Waals surface area contributed by atoms with E-state index in [1.807, 2.05) is 0 Å². The minimum Gasteiger partial charge on any atom is -0.493 e. The quantitative estimate of drug-likeness (QED) is 0.863. The molecule has 0 spiro atoms. The molecule has 0 aromatic heterocycles. The lowest BCUT2D eigenvalue weighted by molar-refractivity contribution is 0.239. The Bertz CT molecular complexity index is 409. The molecule has 2 rings (SSSR count). The van der Waals surface area contributed by atoms with E-state index < -0.39 is 0 Å². The molecule has 1 fully saturated rings. The summed E-state index contributed by atoms with van der Waals surface area (Å²) in [7, 11) is 0. The predicted molar refractivity (Wildman–Crippen MR) is 85.8 cm³/mol. The zero-order valence-electron chi connectivity index (χ0n) is 13.1. The first-order chi connectivity index (χ1) is 9.74. The van der Waals surface area contributed by atoms with E-state index in [1.54, 1.807) is 0 Å². The van der Waals surface area contributed by atoms with Crippen molar-refractivity contribution < 1.29 is 4.74 Å². The molecule has 20 heavy (non-hydrogen) atoms. The summed E-state index contributed by atoms with van der Waals surface area (Å²) >= 11 is 0. The van der Waals surface area contributed by atoms with Crippen LogP contribution in [0.1, 0.15) is 32.3 Å². The molecule has 1 aromatic carbocycles. The number of benzene rings is 1. The zero-order valence-corrected chi connectivity index (χ0v) is 13.1. The molecule has 1 aliphatic heterocycles. The van der Waals surface area contributed by atoms with E-state index in [0.29, 0.717) is 5.92 Å². The van der Waals surface area contributed by atoms with Crippen LogP contribution in [0.25, 0.3) is 0 Å². The average molecular weight is 276 g/mol. The van der Waals surface area contributed by atoms with Crippen molar-refractivity contribution in [3.8, 4) is 5.75 Å². The third-order valence-corrected chi connectivity index (χ3v) is 4.27. The number of hydrogen-bond acceptors (Lipinski definition) is 3. The Morgan fingerprint density at radius 2 is 1.90 bits per heavy atom. The van der Waals surface area contributed by atoms with E-state index >= 15 is 0 Å². The van der Waals surface area contributed by atoms with Gasteiger partial charge in [-0.25, -0.2) is 0 Å². The van der Waals surface area contributed by atoms with Crippen molar-refractivity contribution in [2.45, 2.75) is 33.6 Å². The fourth-order valence-corrected chi connectivity index (χ4v) is 2.65. The molecule has 3 heteroatoms. The third-order valence-electron chi connectivity index (χ3n) is 4.27. The number of aryl methyl sites for hydroxylation is 1. The first kappa shape index (κ1) is 15.2. The van der Waals surface area contributed by atoms with Gasteiger partial charge in [-0.05, 0) is 36.6 Å². The molecule has 0 amide bonds. The molecular formula is C17H28N2O. The summed E-state index contributed by atoms with van der Waals surface area (Å²) in [5.74, 6) is 1.71. The lowest BCUT2D eigenvalue weighted by Crippen LogP contribution is -2.43. The maximum absolute atomic E-state index is 5.99. The number of piperazine rings is 1. The largest absolute Gasteiger partial charge is 0.493 e. The van der Waals surface area contributed by atoms with Gasteiger partial charge in [0, 0.05) is 31.9 Å². The second-order valence-electron chi connectivity index (χ2n) is 5.68. The Balaban J connectivity index is 1.98. The molecule has 1 aromatic rings. The first-order valence-corrected chi connectivity index (χ1v) is 7.93. The van der Waals surface area contributed by atoms with Gasteiger partial charge in [0.2, 0.25) is 0 Å². The van der Waals surface area contributed by atoms with Gasteiger partial charge >= 0.3 is 0 Å². The predicted octanol–water partition coefficient (Wildman–Crippen LogP) is 3.22. The van der Waals surface area contributed by atoms with Gasteiger partial charge in [-0.3, -0.25) is 0 Å². The zero-order chi connectivity index (χ0) is 14.4. The van der Waals surface area contributed by atoms with Crippen LogP contribution in [-0.2, 0) is 0 Å². The molecule has 0 bridgehead atoms. The molecule has 0 radical (unpaired) electrons. The van der Waals surface area contributed by atoms with Crippen LogP contribution in [-0.4, -0.2) is 32.8 Å². The van der Waals surface area contributed by atoms with Crippen molar-refractivity contribution in [1.82, 2.24) is 5.32 Å². The van der Waals surface area contributed by atoms with Crippen LogP contribution < -0.4 is 15.0 Å². The Labute approximate surface area is 123 Å². The summed E-state index contributed by atoms with van der Waals surface area (Å²) in [4.78, 5) is 2.44. The molecule has 1 N–H and O–H groups in total. The molecule has 0 saturated carbocycles. The van der Waals surface area contributed by atoms with Gasteiger partial charge in [-0.1, -0.05) is 26.7 Å². The van der Waals surface area contributed by atoms with Crippen LogP contribution >= 0.6 is 0 Å². The Morgan fingerprint density at radius 1 is 1.20 bits per heavy atom. The number of rotatable bonds is 6. The summed E-state index contributed by atoms with van der Waals surface area (Å²) in [6, 6.07) is 6.59. The summed E-state index contributed by atoms with van der Waals surface area (Å²) in [5, 5.41) is 3.39. The van der Waals surface area contributed by atoms with Crippen LogP contribution in [0, 0.1) is 12.8 Å². The van der Waals surface area contributed by atoms with Crippen LogP contribution in [0.5, 0.6) is 5.75 Å². The average Bonchev–Trinajstić information content (AvgIpc) is 2.50. The fourth-order valence-electron chi connectivity index (χ4n) is 2.65. The van der Waals surface area contributed by atoms with Gasteiger partial charge in [0.15, 0.2) is 0 Å². The first-order valence-electron chi connectivity index (χ1n) is 7.93. The minimum atomic E-state index is 0.669. The lowest BCUT2D eigenvalue weighted by atomic mass is 10.1. The van der Waals surface area contributed by atoms with E-state index in [2.05, 4.69) is 49.2 Å². The number of nitrogens with one attached hydrogen (secondary N) is 1. The standard InChI is InChI=1S/C17H28N2O/c1-4-15(5-2)13-20-17-7-6-16(12-14(17)3)19-10-8-18-9-11-19/h6-7,12,15,18H,4-5,8-11,13H2,1-3H3. The van der Waals surface area contributed by atoms with Crippen LogP contribution in [0.2, 0.25) is 0 Å². The molecule has 0 unspecified atom stereocenters. The van der Waals surface area contributed by atoms with Crippen molar-refractivity contribution in [2.24, 2.45) is 5.92 Å². The second kappa shape index (κ2) is 7.53. The number of anilines is 1. The van der Waals surface area contributed by atoms with Crippen molar-refractivity contribution in [3.05, 3.63) is 23.8 Å². The normalized spacial score (nSPS) is 15.7. The van der Waals surface area contributed by atoms with Crippen molar-refractivity contribution in [3.63, 3.8) is 0 Å². The Kier molecular flexibility index (Phi) is 5.72. The van der Waals surface area contributed by atoms with Gasteiger partial charge in [0.1, 0.15) is 5.75 Å². The van der Waals surface area contributed by atoms with Gasteiger partial charge in [0.25, 0.3) is 0 Å². The van der Waals surface area contributed by atoms with Crippen LogP contribution in [0.15, 0.2) is 18.2 Å². The van der Waals surface area contributed by atoms with E-state index in [4.69, 9.17) is 4.74 Å². The number of hydrogen-bond donors (Lipinski definition) is 1. The maximum Gasteiger partial charge on any atom is 0.122 e. The van der Waals surface area contributed by atoms with Crippen LogP contribution in [0.3, 0.4) is 0 Å².